The molecule has 1 heterocycles. The molecule has 0 saturated carbocycles. The van der Waals surface area contributed by atoms with Gasteiger partial charge in [0.25, 0.3) is 0 Å². The van der Waals surface area contributed by atoms with Crippen LogP contribution in [0.3, 0.4) is 0 Å². The molecule has 0 aliphatic carbocycles. The zero-order chi connectivity index (χ0) is 13.0. The molecule has 0 aliphatic rings. The minimum Gasteiger partial charge on any atom is -0.260 e. The third kappa shape index (κ3) is 3.27. The molecular weight excluding hydrogens is 272 g/mol. The highest BCUT2D eigenvalue weighted by atomic mass is 35.5. The Morgan fingerprint density at radius 2 is 2.06 bits per heavy atom. The van der Waals surface area contributed by atoms with E-state index in [4.69, 9.17) is 11.6 Å². The Hall–Kier alpha value is -1.46. The normalized spacial score (nSPS) is 11.4. The van der Waals surface area contributed by atoms with Crippen LogP contribution in [0.5, 0.6) is 0 Å². The maximum absolute atomic E-state index is 12.0. The van der Waals surface area contributed by atoms with E-state index in [0.717, 1.165) is 5.56 Å². The number of hydrogen-bond acceptors (Lipinski definition) is 4. The Kier molecular flexibility index (Phi) is 3.93. The Bertz CT molecular complexity index is 630. The molecule has 1 aromatic carbocycles. The number of sulfone groups is 1. The zero-order valence-electron chi connectivity index (χ0n) is 9.45. The predicted octanol–water partition coefficient (Wildman–Crippen LogP) is 2.15. The van der Waals surface area contributed by atoms with Gasteiger partial charge in [0.2, 0.25) is 0 Å². The Morgan fingerprint density at radius 3 is 2.72 bits per heavy atom. The van der Waals surface area contributed by atoms with Crippen molar-refractivity contribution < 1.29 is 8.42 Å². The number of aryl methyl sites for hydroxylation is 1. The van der Waals surface area contributed by atoms with Crippen LogP contribution in [0, 0.1) is 0 Å². The molecule has 2 rings (SSSR count). The third-order valence-electron chi connectivity index (χ3n) is 2.41. The highest BCUT2D eigenvalue weighted by Gasteiger charge is 2.15. The van der Waals surface area contributed by atoms with Crippen molar-refractivity contribution in [2.24, 2.45) is 0 Å². The molecule has 0 saturated heterocycles. The number of nitrogens with zero attached hydrogens (tertiary/aromatic N) is 2. The van der Waals surface area contributed by atoms with Crippen LogP contribution in [0.2, 0.25) is 5.02 Å². The molecule has 94 valence electrons. The average Bonchev–Trinajstić information content (AvgIpc) is 2.38. The van der Waals surface area contributed by atoms with Crippen LogP contribution in [0.1, 0.15) is 5.56 Å². The molecular formula is C12H11ClN2O2S. The second-order valence-corrected chi connectivity index (χ2v) is 6.23. The molecule has 0 aliphatic heterocycles. The predicted molar refractivity (Wildman–Crippen MR) is 69.2 cm³/mol. The van der Waals surface area contributed by atoms with Crippen LogP contribution in [0.4, 0.5) is 0 Å². The van der Waals surface area contributed by atoms with Gasteiger partial charge in [-0.1, -0.05) is 23.7 Å². The molecule has 0 radical (unpaired) electrons. The fraction of sp³-hybridized carbons (Fsp3) is 0.167. The SMILES string of the molecule is O=S(=O)(CCc1cccc(Cl)c1)c1cnccn1. The molecule has 0 amide bonds. The third-order valence-corrected chi connectivity index (χ3v) is 4.23. The first kappa shape index (κ1) is 13.0. The fourth-order valence-corrected chi connectivity index (χ4v) is 2.86. The highest BCUT2D eigenvalue weighted by molar-refractivity contribution is 7.91. The fourth-order valence-electron chi connectivity index (χ4n) is 1.50. The van der Waals surface area contributed by atoms with Crippen molar-refractivity contribution in [1.29, 1.82) is 0 Å². The molecule has 0 atom stereocenters. The molecule has 6 heteroatoms. The lowest BCUT2D eigenvalue weighted by Gasteiger charge is -2.03. The van der Waals surface area contributed by atoms with E-state index in [1.807, 2.05) is 6.07 Å². The van der Waals surface area contributed by atoms with E-state index in [1.165, 1.54) is 18.6 Å². The van der Waals surface area contributed by atoms with E-state index >= 15 is 0 Å². The summed E-state index contributed by atoms with van der Waals surface area (Å²) >= 11 is 5.84. The molecule has 4 nitrogen and oxygen atoms in total. The van der Waals surface area contributed by atoms with Gasteiger partial charge in [0.05, 0.1) is 11.9 Å². The summed E-state index contributed by atoms with van der Waals surface area (Å²) in [6.07, 6.45) is 4.47. The van der Waals surface area contributed by atoms with Crippen LogP contribution >= 0.6 is 11.6 Å². The minimum atomic E-state index is -3.39. The first-order valence-electron chi connectivity index (χ1n) is 5.31. The Balaban J connectivity index is 2.11. The van der Waals surface area contributed by atoms with E-state index in [1.54, 1.807) is 18.2 Å². The quantitative estimate of drug-likeness (QED) is 0.862. The van der Waals surface area contributed by atoms with Crippen LogP contribution < -0.4 is 0 Å². The first-order chi connectivity index (χ1) is 8.58. The topological polar surface area (TPSA) is 59.9 Å². The van der Waals surface area contributed by atoms with Crippen molar-refractivity contribution in [3.8, 4) is 0 Å². The van der Waals surface area contributed by atoms with Gasteiger partial charge in [0.15, 0.2) is 14.9 Å². The molecule has 0 fully saturated rings. The molecule has 0 N–H and O–H groups in total. The zero-order valence-corrected chi connectivity index (χ0v) is 11.0. The van der Waals surface area contributed by atoms with Gasteiger partial charge < -0.3 is 0 Å². The van der Waals surface area contributed by atoms with Crippen molar-refractivity contribution in [3.63, 3.8) is 0 Å². The van der Waals surface area contributed by atoms with Gasteiger partial charge in [-0.2, -0.15) is 0 Å². The molecule has 18 heavy (non-hydrogen) atoms. The van der Waals surface area contributed by atoms with E-state index in [2.05, 4.69) is 9.97 Å². The Morgan fingerprint density at radius 1 is 1.22 bits per heavy atom. The molecule has 2 aromatic rings. The lowest BCUT2D eigenvalue weighted by molar-refractivity contribution is 0.591. The number of aromatic nitrogens is 2. The second kappa shape index (κ2) is 5.46. The second-order valence-electron chi connectivity index (χ2n) is 3.74. The summed E-state index contributed by atoms with van der Waals surface area (Å²) in [4.78, 5) is 7.56. The minimum absolute atomic E-state index is 0.00651. The molecule has 1 aromatic heterocycles. The smallest absolute Gasteiger partial charge is 0.197 e. The standard InChI is InChI=1S/C12H11ClN2O2S/c13-11-3-1-2-10(8-11)4-7-18(16,17)12-9-14-5-6-15-12/h1-3,5-6,8-9H,4,7H2. The van der Waals surface area contributed by atoms with Gasteiger partial charge in [0, 0.05) is 17.4 Å². The highest BCUT2D eigenvalue weighted by Crippen LogP contribution is 2.13. The van der Waals surface area contributed by atoms with Crippen molar-refractivity contribution in [1.82, 2.24) is 9.97 Å². The summed E-state index contributed by atoms with van der Waals surface area (Å²) < 4.78 is 23.9. The maximum Gasteiger partial charge on any atom is 0.197 e. The maximum atomic E-state index is 12.0. The lowest BCUT2D eigenvalue weighted by atomic mass is 10.2. The van der Waals surface area contributed by atoms with Crippen molar-refractivity contribution in [2.45, 2.75) is 11.4 Å². The van der Waals surface area contributed by atoms with Crippen LogP contribution in [0.15, 0.2) is 47.9 Å². The number of hydrogen-bond donors (Lipinski definition) is 0. The van der Waals surface area contributed by atoms with E-state index in [9.17, 15) is 8.42 Å². The number of benzene rings is 1. The van der Waals surface area contributed by atoms with Crippen molar-refractivity contribution in [2.75, 3.05) is 5.75 Å². The van der Waals surface area contributed by atoms with Gasteiger partial charge in [-0.3, -0.25) is 4.98 Å². The summed E-state index contributed by atoms with van der Waals surface area (Å²) in [6, 6.07) is 7.15. The van der Waals surface area contributed by atoms with Crippen molar-refractivity contribution in [3.05, 3.63) is 53.4 Å². The summed E-state index contributed by atoms with van der Waals surface area (Å²) in [5.74, 6) is -0.00790. The molecule has 0 bridgehead atoms. The van der Waals surface area contributed by atoms with Gasteiger partial charge in [-0.15, -0.1) is 0 Å². The van der Waals surface area contributed by atoms with E-state index in [-0.39, 0.29) is 10.8 Å². The van der Waals surface area contributed by atoms with Crippen LogP contribution in [-0.2, 0) is 16.3 Å². The Labute approximate surface area is 111 Å². The van der Waals surface area contributed by atoms with Gasteiger partial charge in [-0.05, 0) is 24.1 Å². The number of rotatable bonds is 4. The first-order valence-corrected chi connectivity index (χ1v) is 7.34. The summed E-state index contributed by atoms with van der Waals surface area (Å²) in [7, 11) is -3.39. The van der Waals surface area contributed by atoms with Gasteiger partial charge in [0.1, 0.15) is 0 Å². The molecule has 0 unspecified atom stereocenters. The van der Waals surface area contributed by atoms with E-state index < -0.39 is 9.84 Å². The summed E-state index contributed by atoms with van der Waals surface area (Å²) in [5.41, 5.74) is 0.884. The van der Waals surface area contributed by atoms with Gasteiger partial charge >= 0.3 is 0 Å². The summed E-state index contributed by atoms with van der Waals surface area (Å²) in [6.45, 7) is 0. The van der Waals surface area contributed by atoms with Crippen LogP contribution in [-0.4, -0.2) is 24.1 Å². The van der Waals surface area contributed by atoms with Crippen molar-refractivity contribution >= 4 is 21.4 Å². The van der Waals surface area contributed by atoms with Crippen LogP contribution in [0.25, 0.3) is 0 Å². The monoisotopic (exact) mass is 282 g/mol. The number of halogens is 1. The largest absolute Gasteiger partial charge is 0.260 e. The van der Waals surface area contributed by atoms with E-state index in [0.29, 0.717) is 11.4 Å². The molecule has 0 spiro atoms. The van der Waals surface area contributed by atoms with Gasteiger partial charge in [-0.25, -0.2) is 13.4 Å². The summed E-state index contributed by atoms with van der Waals surface area (Å²) in [5, 5.41) is 0.608. The lowest BCUT2D eigenvalue weighted by Crippen LogP contribution is -2.11. The average molecular weight is 283 g/mol.